The summed E-state index contributed by atoms with van der Waals surface area (Å²) in [6.07, 6.45) is 4.86. The van der Waals surface area contributed by atoms with Crippen LogP contribution in [0, 0.1) is 5.92 Å². The fourth-order valence-corrected chi connectivity index (χ4v) is 3.06. The fraction of sp³-hybridized carbons (Fsp3) is 0.462. The Bertz CT molecular complexity index is 381. The lowest BCUT2D eigenvalue weighted by Gasteiger charge is -2.24. The summed E-state index contributed by atoms with van der Waals surface area (Å²) in [4.78, 5) is 12.0. The first-order chi connectivity index (χ1) is 6.88. The van der Waals surface area contributed by atoms with Gasteiger partial charge in [0.2, 0.25) is 0 Å². The van der Waals surface area contributed by atoms with Gasteiger partial charge < -0.3 is 0 Å². The third-order valence-electron chi connectivity index (χ3n) is 3.73. The van der Waals surface area contributed by atoms with Crippen LogP contribution in [0.3, 0.4) is 0 Å². The summed E-state index contributed by atoms with van der Waals surface area (Å²) in [5, 5.41) is 0. The highest BCUT2D eigenvalue weighted by Crippen LogP contribution is 2.46. The predicted molar refractivity (Wildman–Crippen MR) is 55.5 cm³/mol. The topological polar surface area (TPSA) is 17.1 Å². The number of fused-ring (bicyclic) bond motifs is 3. The van der Waals surface area contributed by atoms with Crippen molar-refractivity contribution in [2.45, 2.75) is 31.6 Å². The first kappa shape index (κ1) is 8.22. The molecule has 0 N–H and O–H groups in total. The van der Waals surface area contributed by atoms with Gasteiger partial charge in [0, 0.05) is 11.5 Å². The minimum absolute atomic E-state index is 0.321. The van der Waals surface area contributed by atoms with E-state index in [4.69, 9.17) is 0 Å². The van der Waals surface area contributed by atoms with E-state index < -0.39 is 0 Å². The van der Waals surface area contributed by atoms with Crippen molar-refractivity contribution >= 4 is 5.78 Å². The summed E-state index contributed by atoms with van der Waals surface area (Å²) < 4.78 is 0. The number of carbonyl (C=O) groups is 1. The van der Waals surface area contributed by atoms with Crippen molar-refractivity contribution in [1.29, 1.82) is 0 Å². The van der Waals surface area contributed by atoms with Gasteiger partial charge >= 0.3 is 0 Å². The van der Waals surface area contributed by atoms with Gasteiger partial charge in [-0.15, -0.1) is 0 Å². The van der Waals surface area contributed by atoms with Gasteiger partial charge in [0.1, 0.15) is 0 Å². The normalized spacial score (nSPS) is 29.9. The molecule has 1 saturated carbocycles. The van der Waals surface area contributed by atoms with E-state index in [1.807, 2.05) is 12.1 Å². The molecule has 0 spiro atoms. The van der Waals surface area contributed by atoms with Crippen LogP contribution in [-0.2, 0) is 0 Å². The lowest BCUT2D eigenvalue weighted by molar-refractivity contribution is 0.0898. The van der Waals surface area contributed by atoms with Crippen molar-refractivity contribution in [2.24, 2.45) is 5.92 Å². The molecule has 0 aliphatic heterocycles. The van der Waals surface area contributed by atoms with Gasteiger partial charge in [-0.3, -0.25) is 4.79 Å². The Morgan fingerprint density at radius 2 is 1.71 bits per heavy atom. The van der Waals surface area contributed by atoms with E-state index >= 15 is 0 Å². The van der Waals surface area contributed by atoms with Crippen LogP contribution >= 0.6 is 0 Å². The molecule has 2 unspecified atom stereocenters. The van der Waals surface area contributed by atoms with Crippen LogP contribution in [0.25, 0.3) is 0 Å². The Morgan fingerprint density at radius 1 is 1.00 bits per heavy atom. The van der Waals surface area contributed by atoms with E-state index in [2.05, 4.69) is 12.1 Å². The van der Waals surface area contributed by atoms with Crippen LogP contribution in [0.5, 0.6) is 0 Å². The highest BCUT2D eigenvalue weighted by Gasteiger charge is 2.40. The maximum Gasteiger partial charge on any atom is 0.166 e. The highest BCUT2D eigenvalue weighted by molar-refractivity contribution is 6.03. The van der Waals surface area contributed by atoms with E-state index in [-0.39, 0.29) is 0 Å². The summed E-state index contributed by atoms with van der Waals surface area (Å²) in [6, 6.07) is 8.18. The molecule has 1 heteroatoms. The van der Waals surface area contributed by atoms with Crippen LogP contribution in [0.4, 0.5) is 0 Å². The van der Waals surface area contributed by atoms with Crippen LogP contribution in [0.2, 0.25) is 0 Å². The predicted octanol–water partition coefficient (Wildman–Crippen LogP) is 3.16. The molecule has 0 saturated heterocycles. The van der Waals surface area contributed by atoms with Crippen LogP contribution in [-0.4, -0.2) is 5.78 Å². The molecule has 0 aromatic heterocycles. The van der Waals surface area contributed by atoms with E-state index in [1.165, 1.54) is 24.8 Å². The van der Waals surface area contributed by atoms with E-state index in [0.29, 0.717) is 17.6 Å². The average molecular weight is 186 g/mol. The quantitative estimate of drug-likeness (QED) is 0.608. The zero-order valence-corrected chi connectivity index (χ0v) is 8.20. The molecular formula is C13H14O. The van der Waals surface area contributed by atoms with Crippen molar-refractivity contribution in [2.75, 3.05) is 0 Å². The van der Waals surface area contributed by atoms with Gasteiger partial charge in [0.15, 0.2) is 5.78 Å². The number of hydrogen-bond acceptors (Lipinski definition) is 1. The molecular weight excluding hydrogens is 172 g/mol. The molecule has 2 aliphatic carbocycles. The summed E-state index contributed by atoms with van der Waals surface area (Å²) in [5.74, 6) is 1.28. The molecule has 1 aromatic rings. The number of rotatable bonds is 0. The molecule has 0 radical (unpaired) electrons. The number of benzene rings is 1. The Hall–Kier alpha value is -1.11. The van der Waals surface area contributed by atoms with Gasteiger partial charge in [-0.2, -0.15) is 0 Å². The van der Waals surface area contributed by atoms with Crippen molar-refractivity contribution in [3.8, 4) is 0 Å². The second kappa shape index (κ2) is 2.94. The maximum absolute atomic E-state index is 12.0. The third kappa shape index (κ3) is 0.985. The largest absolute Gasteiger partial charge is 0.294 e. The van der Waals surface area contributed by atoms with Crippen LogP contribution < -0.4 is 0 Å². The Labute approximate surface area is 84.1 Å². The van der Waals surface area contributed by atoms with Crippen molar-refractivity contribution in [1.82, 2.24) is 0 Å². The molecule has 72 valence electrons. The Morgan fingerprint density at radius 3 is 2.57 bits per heavy atom. The van der Waals surface area contributed by atoms with Crippen LogP contribution in [0.15, 0.2) is 24.3 Å². The van der Waals surface area contributed by atoms with Gasteiger partial charge in [-0.1, -0.05) is 37.1 Å². The molecule has 2 aliphatic rings. The number of carbonyl (C=O) groups excluding carboxylic acids is 1. The molecule has 0 amide bonds. The van der Waals surface area contributed by atoms with E-state index in [0.717, 1.165) is 12.0 Å². The first-order valence-electron chi connectivity index (χ1n) is 5.51. The SMILES string of the molecule is O=C1c2ccccc2C2CCCCC12. The minimum Gasteiger partial charge on any atom is -0.294 e. The van der Waals surface area contributed by atoms with E-state index in [1.54, 1.807) is 0 Å². The highest BCUT2D eigenvalue weighted by atomic mass is 16.1. The second-order valence-corrected chi connectivity index (χ2v) is 4.45. The second-order valence-electron chi connectivity index (χ2n) is 4.45. The number of hydrogen-bond donors (Lipinski definition) is 0. The molecule has 1 nitrogen and oxygen atoms in total. The van der Waals surface area contributed by atoms with Gasteiger partial charge in [-0.25, -0.2) is 0 Å². The van der Waals surface area contributed by atoms with Crippen molar-refractivity contribution in [3.05, 3.63) is 35.4 Å². The molecule has 1 aromatic carbocycles. The summed E-state index contributed by atoms with van der Waals surface area (Å²) in [5.41, 5.74) is 2.33. The number of Topliss-reactive ketones (excluding diaryl/α,β-unsaturated/α-hetero) is 1. The standard InChI is InChI=1S/C13H14O/c14-13-11-7-3-1-5-9(11)10-6-2-4-8-12(10)13/h1,3,5,7,10,12H,2,4,6,8H2. The lowest BCUT2D eigenvalue weighted by atomic mass is 9.79. The third-order valence-corrected chi connectivity index (χ3v) is 3.73. The van der Waals surface area contributed by atoms with Crippen LogP contribution in [0.1, 0.15) is 47.5 Å². The molecule has 2 atom stereocenters. The van der Waals surface area contributed by atoms with Gasteiger partial charge in [0.05, 0.1) is 0 Å². The molecule has 0 heterocycles. The van der Waals surface area contributed by atoms with E-state index in [9.17, 15) is 4.79 Å². The molecule has 0 bridgehead atoms. The fourth-order valence-electron chi connectivity index (χ4n) is 3.06. The summed E-state index contributed by atoms with van der Waals surface area (Å²) in [7, 11) is 0. The smallest absolute Gasteiger partial charge is 0.166 e. The molecule has 14 heavy (non-hydrogen) atoms. The van der Waals surface area contributed by atoms with Crippen molar-refractivity contribution < 1.29 is 4.79 Å². The average Bonchev–Trinajstić information content (AvgIpc) is 2.55. The summed E-state index contributed by atoms with van der Waals surface area (Å²) in [6.45, 7) is 0. The zero-order chi connectivity index (χ0) is 9.54. The molecule has 3 rings (SSSR count). The molecule has 1 fully saturated rings. The Balaban J connectivity index is 2.11. The summed E-state index contributed by atoms with van der Waals surface area (Å²) >= 11 is 0. The maximum atomic E-state index is 12.0. The lowest BCUT2D eigenvalue weighted by Crippen LogP contribution is -2.17. The number of ketones is 1. The zero-order valence-electron chi connectivity index (χ0n) is 8.20. The first-order valence-corrected chi connectivity index (χ1v) is 5.51. The minimum atomic E-state index is 0.321. The Kier molecular flexibility index (Phi) is 1.73. The van der Waals surface area contributed by atoms with Crippen molar-refractivity contribution in [3.63, 3.8) is 0 Å². The van der Waals surface area contributed by atoms with Gasteiger partial charge in [-0.05, 0) is 24.3 Å². The van der Waals surface area contributed by atoms with Gasteiger partial charge in [0.25, 0.3) is 0 Å². The monoisotopic (exact) mass is 186 g/mol.